The number of benzene rings is 2. The molecule has 0 saturated carbocycles. The molecule has 2 N–H and O–H groups in total. The van der Waals surface area contributed by atoms with Crippen LogP contribution in [0.15, 0.2) is 53.9 Å². The first-order valence-corrected chi connectivity index (χ1v) is 7.61. The van der Waals surface area contributed by atoms with Crippen LogP contribution < -0.4 is 5.73 Å². The van der Waals surface area contributed by atoms with E-state index in [4.69, 9.17) is 17.3 Å². The molecule has 0 aliphatic rings. The van der Waals surface area contributed by atoms with Crippen molar-refractivity contribution >= 4 is 22.9 Å². The molecule has 0 aliphatic carbocycles. The van der Waals surface area contributed by atoms with Gasteiger partial charge in [0.2, 0.25) is 0 Å². The van der Waals surface area contributed by atoms with Crippen LogP contribution in [0.4, 0.5) is 4.39 Å². The minimum Gasteiger partial charge on any atom is -0.318 e. The zero-order chi connectivity index (χ0) is 14.8. The minimum absolute atomic E-state index is 0.271. The van der Waals surface area contributed by atoms with E-state index in [0.29, 0.717) is 5.02 Å². The van der Waals surface area contributed by atoms with E-state index in [-0.39, 0.29) is 11.9 Å². The largest absolute Gasteiger partial charge is 0.318 e. The lowest BCUT2D eigenvalue weighted by Crippen LogP contribution is -2.11. The molecule has 1 unspecified atom stereocenters. The normalized spacial score (nSPS) is 12.3. The average Bonchev–Trinajstić information content (AvgIpc) is 2.98. The first-order valence-electron chi connectivity index (χ1n) is 6.36. The molecule has 21 heavy (non-hydrogen) atoms. The molecular formula is C16H12ClFN2S. The Morgan fingerprint density at radius 3 is 2.38 bits per heavy atom. The van der Waals surface area contributed by atoms with E-state index >= 15 is 0 Å². The van der Waals surface area contributed by atoms with Crippen molar-refractivity contribution in [3.63, 3.8) is 0 Å². The summed E-state index contributed by atoms with van der Waals surface area (Å²) in [4.78, 5) is 4.57. The van der Waals surface area contributed by atoms with Gasteiger partial charge in [0, 0.05) is 16.0 Å². The lowest BCUT2D eigenvalue weighted by molar-refractivity contribution is 0.626. The molecule has 5 heteroatoms. The Morgan fingerprint density at radius 2 is 1.71 bits per heavy atom. The fraction of sp³-hybridized carbons (Fsp3) is 0.0625. The van der Waals surface area contributed by atoms with Gasteiger partial charge in [-0.25, -0.2) is 9.37 Å². The highest BCUT2D eigenvalue weighted by Gasteiger charge is 2.14. The maximum Gasteiger partial charge on any atom is 0.123 e. The molecular weight excluding hydrogens is 307 g/mol. The SMILES string of the molecule is NC(c1ccc(F)cc1)c1nc(-c2ccc(Cl)cc2)cs1. The number of aromatic nitrogens is 1. The van der Waals surface area contributed by atoms with Crippen LogP contribution in [0, 0.1) is 5.82 Å². The van der Waals surface area contributed by atoms with E-state index in [1.807, 2.05) is 29.6 Å². The second-order valence-corrected chi connectivity index (χ2v) is 5.93. The summed E-state index contributed by atoms with van der Waals surface area (Å²) in [6, 6.07) is 13.3. The van der Waals surface area contributed by atoms with Gasteiger partial charge in [-0.3, -0.25) is 0 Å². The summed E-state index contributed by atoms with van der Waals surface area (Å²) >= 11 is 7.37. The van der Waals surface area contributed by atoms with Crippen LogP contribution in [0.2, 0.25) is 5.02 Å². The number of nitrogens with two attached hydrogens (primary N) is 1. The molecule has 0 aliphatic heterocycles. The highest BCUT2D eigenvalue weighted by Crippen LogP contribution is 2.28. The topological polar surface area (TPSA) is 38.9 Å². The van der Waals surface area contributed by atoms with Crippen molar-refractivity contribution in [1.82, 2.24) is 4.98 Å². The summed E-state index contributed by atoms with van der Waals surface area (Å²) in [5.74, 6) is -0.271. The summed E-state index contributed by atoms with van der Waals surface area (Å²) in [5.41, 5.74) is 8.89. The van der Waals surface area contributed by atoms with Gasteiger partial charge >= 0.3 is 0 Å². The van der Waals surface area contributed by atoms with Crippen LogP contribution in [0.5, 0.6) is 0 Å². The monoisotopic (exact) mass is 318 g/mol. The highest BCUT2D eigenvalue weighted by atomic mass is 35.5. The molecule has 3 aromatic rings. The molecule has 3 rings (SSSR count). The van der Waals surface area contributed by atoms with Crippen molar-refractivity contribution in [2.75, 3.05) is 0 Å². The van der Waals surface area contributed by atoms with Crippen molar-refractivity contribution in [1.29, 1.82) is 0 Å². The minimum atomic E-state index is -0.350. The lowest BCUT2D eigenvalue weighted by atomic mass is 10.1. The second kappa shape index (κ2) is 5.93. The van der Waals surface area contributed by atoms with Gasteiger partial charge in [-0.2, -0.15) is 0 Å². The molecule has 0 radical (unpaired) electrons. The quantitative estimate of drug-likeness (QED) is 0.763. The second-order valence-electron chi connectivity index (χ2n) is 4.61. The molecule has 0 spiro atoms. The van der Waals surface area contributed by atoms with Crippen molar-refractivity contribution in [2.45, 2.75) is 6.04 Å². The van der Waals surface area contributed by atoms with Crippen molar-refractivity contribution in [3.05, 3.63) is 75.3 Å². The Kier molecular flexibility index (Phi) is 4.01. The van der Waals surface area contributed by atoms with Crippen LogP contribution in [0.25, 0.3) is 11.3 Å². The smallest absolute Gasteiger partial charge is 0.123 e. The predicted octanol–water partition coefficient (Wildman–Crippen LogP) is 4.65. The number of rotatable bonds is 3. The molecule has 1 atom stereocenters. The van der Waals surface area contributed by atoms with E-state index in [9.17, 15) is 4.39 Å². The first kappa shape index (κ1) is 14.2. The Bertz CT molecular complexity index is 738. The van der Waals surface area contributed by atoms with E-state index in [0.717, 1.165) is 21.8 Å². The Labute approximate surface area is 131 Å². The third-order valence-electron chi connectivity index (χ3n) is 3.16. The van der Waals surface area contributed by atoms with Crippen LogP contribution in [-0.2, 0) is 0 Å². The Balaban J connectivity index is 1.87. The number of nitrogens with zero attached hydrogens (tertiary/aromatic N) is 1. The molecule has 0 bridgehead atoms. The number of thiazole rings is 1. The average molecular weight is 319 g/mol. The number of hydrogen-bond donors (Lipinski definition) is 1. The summed E-state index contributed by atoms with van der Waals surface area (Å²) in [6.07, 6.45) is 0. The maximum atomic E-state index is 12.9. The molecule has 1 aromatic heterocycles. The zero-order valence-electron chi connectivity index (χ0n) is 11.0. The van der Waals surface area contributed by atoms with Gasteiger partial charge in [-0.15, -0.1) is 11.3 Å². The third-order valence-corrected chi connectivity index (χ3v) is 4.34. The van der Waals surface area contributed by atoms with Crippen molar-refractivity contribution in [2.24, 2.45) is 5.73 Å². The fourth-order valence-corrected chi connectivity index (χ4v) is 2.98. The van der Waals surface area contributed by atoms with E-state index in [2.05, 4.69) is 4.98 Å². The third kappa shape index (κ3) is 3.13. The van der Waals surface area contributed by atoms with E-state index in [1.54, 1.807) is 12.1 Å². The Morgan fingerprint density at radius 1 is 1.05 bits per heavy atom. The molecule has 0 amide bonds. The van der Waals surface area contributed by atoms with Gasteiger partial charge in [0.1, 0.15) is 10.8 Å². The van der Waals surface area contributed by atoms with Gasteiger partial charge in [0.05, 0.1) is 11.7 Å². The van der Waals surface area contributed by atoms with E-state index in [1.165, 1.54) is 23.5 Å². The van der Waals surface area contributed by atoms with Gasteiger partial charge < -0.3 is 5.73 Å². The van der Waals surface area contributed by atoms with Gasteiger partial charge in [0.25, 0.3) is 0 Å². The molecule has 0 saturated heterocycles. The number of halogens is 2. The zero-order valence-corrected chi connectivity index (χ0v) is 12.5. The van der Waals surface area contributed by atoms with Crippen molar-refractivity contribution in [3.8, 4) is 11.3 Å². The van der Waals surface area contributed by atoms with Crippen LogP contribution in [0.3, 0.4) is 0 Å². The van der Waals surface area contributed by atoms with E-state index < -0.39 is 0 Å². The molecule has 106 valence electrons. The predicted molar refractivity (Wildman–Crippen MR) is 85.0 cm³/mol. The standard InChI is InChI=1S/C16H12ClFN2S/c17-12-5-1-10(2-6-12)14-9-21-16(20-14)15(19)11-3-7-13(18)8-4-11/h1-9,15H,19H2. The summed E-state index contributed by atoms with van der Waals surface area (Å²) in [6.45, 7) is 0. The summed E-state index contributed by atoms with van der Waals surface area (Å²) < 4.78 is 12.9. The highest BCUT2D eigenvalue weighted by molar-refractivity contribution is 7.10. The summed E-state index contributed by atoms with van der Waals surface area (Å²) in [7, 11) is 0. The maximum absolute atomic E-state index is 12.9. The van der Waals surface area contributed by atoms with Crippen LogP contribution in [-0.4, -0.2) is 4.98 Å². The first-order chi connectivity index (χ1) is 10.1. The fourth-order valence-electron chi connectivity index (χ4n) is 2.00. The molecule has 1 heterocycles. The van der Waals surface area contributed by atoms with Crippen LogP contribution in [0.1, 0.15) is 16.6 Å². The number of hydrogen-bond acceptors (Lipinski definition) is 3. The van der Waals surface area contributed by atoms with Gasteiger partial charge in [0.15, 0.2) is 0 Å². The lowest BCUT2D eigenvalue weighted by Gasteiger charge is -2.08. The van der Waals surface area contributed by atoms with Crippen LogP contribution >= 0.6 is 22.9 Å². The molecule has 0 fully saturated rings. The molecule has 2 nitrogen and oxygen atoms in total. The Hall–Kier alpha value is -1.75. The van der Waals surface area contributed by atoms with Gasteiger partial charge in [-0.05, 0) is 29.8 Å². The van der Waals surface area contributed by atoms with Gasteiger partial charge in [-0.1, -0.05) is 35.9 Å². The molecule has 2 aromatic carbocycles. The summed E-state index contributed by atoms with van der Waals surface area (Å²) in [5, 5.41) is 3.45. The van der Waals surface area contributed by atoms with Crippen molar-refractivity contribution < 1.29 is 4.39 Å².